The molecule has 0 atom stereocenters. The summed E-state index contributed by atoms with van der Waals surface area (Å²) in [5.41, 5.74) is 4.40. The number of fused-ring (bicyclic) bond motifs is 1. The first-order valence-electron chi connectivity index (χ1n) is 7.16. The van der Waals surface area contributed by atoms with Gasteiger partial charge in [-0.05, 0) is 48.7 Å². The van der Waals surface area contributed by atoms with Crippen molar-refractivity contribution in [3.8, 4) is 6.07 Å². The molecule has 1 aliphatic rings. The van der Waals surface area contributed by atoms with E-state index in [-0.39, 0.29) is 5.78 Å². The summed E-state index contributed by atoms with van der Waals surface area (Å²) >= 11 is 6.25. The predicted octanol–water partition coefficient (Wildman–Crippen LogP) is 3.98. The third kappa shape index (κ3) is 2.58. The molecule has 0 N–H and O–H groups in total. The van der Waals surface area contributed by atoms with Crippen molar-refractivity contribution in [3.05, 3.63) is 63.7 Å². The summed E-state index contributed by atoms with van der Waals surface area (Å²) in [6.45, 7) is 3.02. The Morgan fingerprint density at radius 3 is 2.86 bits per heavy atom. The molecular weight excluding hydrogens is 296 g/mol. The molecule has 0 fully saturated rings. The number of rotatable bonds is 2. The number of hydrogen-bond donors (Lipinski definition) is 0. The highest BCUT2D eigenvalue weighted by molar-refractivity contribution is 6.31. The molecule has 0 spiro atoms. The van der Waals surface area contributed by atoms with Crippen LogP contribution < -0.4 is 4.90 Å². The van der Waals surface area contributed by atoms with Crippen molar-refractivity contribution >= 4 is 23.1 Å². The fraction of sp³-hybridized carbons (Fsp3) is 0.222. The Labute approximate surface area is 134 Å². The molecule has 1 heterocycles. The van der Waals surface area contributed by atoms with Crippen LogP contribution in [-0.2, 0) is 13.0 Å². The van der Waals surface area contributed by atoms with Crippen molar-refractivity contribution in [1.29, 1.82) is 5.26 Å². The van der Waals surface area contributed by atoms with E-state index in [9.17, 15) is 10.1 Å². The van der Waals surface area contributed by atoms with Gasteiger partial charge in [0.15, 0.2) is 5.78 Å². The molecule has 0 aliphatic carbocycles. The molecule has 0 amide bonds. The Balaban J connectivity index is 2.01. The number of halogens is 1. The summed E-state index contributed by atoms with van der Waals surface area (Å²) in [5.74, 6) is 0.00574. The third-order valence-electron chi connectivity index (χ3n) is 4.07. The Morgan fingerprint density at radius 1 is 1.32 bits per heavy atom. The van der Waals surface area contributed by atoms with Crippen molar-refractivity contribution in [1.82, 2.24) is 0 Å². The monoisotopic (exact) mass is 310 g/mol. The summed E-state index contributed by atoms with van der Waals surface area (Å²) in [7, 11) is 0. The minimum absolute atomic E-state index is 0.00574. The normalized spacial score (nSPS) is 13.4. The maximum absolute atomic E-state index is 11.6. The molecule has 2 aromatic rings. The summed E-state index contributed by atoms with van der Waals surface area (Å²) in [5, 5.41) is 10.1. The van der Waals surface area contributed by atoms with E-state index < -0.39 is 0 Å². The number of nitriles is 1. The molecule has 3 rings (SSSR count). The van der Waals surface area contributed by atoms with Gasteiger partial charge < -0.3 is 4.90 Å². The van der Waals surface area contributed by atoms with Crippen LogP contribution in [0.1, 0.15) is 34.0 Å². The Hall–Kier alpha value is -2.31. The number of nitrogens with zero attached hydrogens (tertiary/aromatic N) is 2. The van der Waals surface area contributed by atoms with E-state index >= 15 is 0 Å². The highest BCUT2D eigenvalue weighted by Crippen LogP contribution is 2.31. The first kappa shape index (κ1) is 14.6. The predicted molar refractivity (Wildman–Crippen MR) is 87.4 cm³/mol. The fourth-order valence-corrected chi connectivity index (χ4v) is 3.16. The zero-order valence-electron chi connectivity index (χ0n) is 12.3. The molecule has 1 aliphatic heterocycles. The molecule has 0 saturated carbocycles. The second-order valence-corrected chi connectivity index (χ2v) is 5.86. The van der Waals surface area contributed by atoms with Gasteiger partial charge in [-0.1, -0.05) is 23.7 Å². The lowest BCUT2D eigenvalue weighted by Crippen LogP contribution is -2.31. The largest absolute Gasteiger partial charge is 0.366 e. The lowest BCUT2D eigenvalue weighted by Gasteiger charge is -2.32. The van der Waals surface area contributed by atoms with E-state index in [0.29, 0.717) is 17.7 Å². The Kier molecular flexibility index (Phi) is 3.87. The highest BCUT2D eigenvalue weighted by atomic mass is 35.5. The van der Waals surface area contributed by atoms with Gasteiger partial charge in [0.25, 0.3) is 0 Å². The van der Waals surface area contributed by atoms with E-state index in [0.717, 1.165) is 23.7 Å². The standard InChI is InChI=1S/C18H15ClN2O/c1-12(22)13-5-6-14(10-20)18(9-13)21-8-7-16-15(11-21)3-2-4-17(16)19/h2-6,9H,7-8,11H2,1H3. The van der Waals surface area contributed by atoms with Gasteiger partial charge >= 0.3 is 0 Å². The summed E-state index contributed by atoms with van der Waals surface area (Å²) in [4.78, 5) is 13.7. The SMILES string of the molecule is CC(=O)c1ccc(C#N)c(N2CCc3c(Cl)cccc3C2)c1. The van der Waals surface area contributed by atoms with Crippen molar-refractivity contribution < 1.29 is 4.79 Å². The van der Waals surface area contributed by atoms with Gasteiger partial charge in [-0.2, -0.15) is 5.26 Å². The molecular formula is C18H15ClN2O. The first-order valence-corrected chi connectivity index (χ1v) is 7.54. The number of anilines is 1. The minimum atomic E-state index is 0.00574. The zero-order valence-corrected chi connectivity index (χ0v) is 13.0. The Morgan fingerprint density at radius 2 is 2.14 bits per heavy atom. The van der Waals surface area contributed by atoms with E-state index in [1.807, 2.05) is 18.2 Å². The number of hydrogen-bond acceptors (Lipinski definition) is 3. The van der Waals surface area contributed by atoms with Crippen LogP contribution in [0.2, 0.25) is 5.02 Å². The van der Waals surface area contributed by atoms with E-state index in [2.05, 4.69) is 17.0 Å². The summed E-state index contributed by atoms with van der Waals surface area (Å²) < 4.78 is 0. The average Bonchev–Trinajstić information content (AvgIpc) is 2.54. The molecule has 0 saturated heterocycles. The van der Waals surface area contributed by atoms with Gasteiger partial charge in [-0.25, -0.2) is 0 Å². The van der Waals surface area contributed by atoms with Crippen molar-refractivity contribution in [2.45, 2.75) is 19.9 Å². The molecule has 0 bridgehead atoms. The molecule has 0 unspecified atom stereocenters. The molecule has 22 heavy (non-hydrogen) atoms. The highest BCUT2D eigenvalue weighted by Gasteiger charge is 2.21. The van der Waals surface area contributed by atoms with Crippen LogP contribution in [0.15, 0.2) is 36.4 Å². The third-order valence-corrected chi connectivity index (χ3v) is 4.43. The van der Waals surface area contributed by atoms with Gasteiger partial charge in [0.2, 0.25) is 0 Å². The number of ketones is 1. The number of carbonyl (C=O) groups excluding carboxylic acids is 1. The van der Waals surface area contributed by atoms with E-state index in [4.69, 9.17) is 11.6 Å². The molecule has 2 aromatic carbocycles. The van der Waals surface area contributed by atoms with Crippen LogP contribution in [-0.4, -0.2) is 12.3 Å². The maximum atomic E-state index is 11.6. The summed E-state index contributed by atoms with van der Waals surface area (Å²) in [6, 6.07) is 13.4. The van der Waals surface area contributed by atoms with Crippen LogP contribution in [0.3, 0.4) is 0 Å². The molecule has 3 nitrogen and oxygen atoms in total. The van der Waals surface area contributed by atoms with Crippen molar-refractivity contribution in [2.75, 3.05) is 11.4 Å². The molecule has 110 valence electrons. The number of benzene rings is 2. The lowest BCUT2D eigenvalue weighted by molar-refractivity contribution is 0.101. The molecule has 0 aromatic heterocycles. The second kappa shape index (κ2) is 5.82. The van der Waals surface area contributed by atoms with Gasteiger partial charge in [0, 0.05) is 23.7 Å². The van der Waals surface area contributed by atoms with E-state index in [1.54, 1.807) is 12.1 Å². The minimum Gasteiger partial charge on any atom is -0.366 e. The van der Waals surface area contributed by atoms with Gasteiger partial charge in [0.1, 0.15) is 6.07 Å². The number of Topliss-reactive ketones (excluding diaryl/α,β-unsaturated/α-hetero) is 1. The Bertz CT molecular complexity index is 792. The van der Waals surface area contributed by atoms with Gasteiger partial charge in [-0.3, -0.25) is 4.79 Å². The molecule has 4 heteroatoms. The number of carbonyl (C=O) groups is 1. The smallest absolute Gasteiger partial charge is 0.159 e. The quantitative estimate of drug-likeness (QED) is 0.788. The van der Waals surface area contributed by atoms with Crippen LogP contribution in [0.5, 0.6) is 0 Å². The topological polar surface area (TPSA) is 44.1 Å². The van der Waals surface area contributed by atoms with Crippen molar-refractivity contribution in [2.24, 2.45) is 0 Å². The lowest BCUT2D eigenvalue weighted by atomic mass is 9.98. The van der Waals surface area contributed by atoms with E-state index in [1.165, 1.54) is 18.1 Å². The molecule has 0 radical (unpaired) electrons. The average molecular weight is 311 g/mol. The maximum Gasteiger partial charge on any atom is 0.159 e. The van der Waals surface area contributed by atoms with Crippen LogP contribution in [0.25, 0.3) is 0 Å². The zero-order chi connectivity index (χ0) is 15.7. The van der Waals surface area contributed by atoms with Gasteiger partial charge in [-0.15, -0.1) is 0 Å². The fourth-order valence-electron chi connectivity index (χ4n) is 2.88. The van der Waals surface area contributed by atoms with Crippen LogP contribution in [0, 0.1) is 11.3 Å². The first-order chi connectivity index (χ1) is 10.6. The van der Waals surface area contributed by atoms with Gasteiger partial charge in [0.05, 0.1) is 11.3 Å². The second-order valence-electron chi connectivity index (χ2n) is 5.45. The van der Waals surface area contributed by atoms with Crippen LogP contribution >= 0.6 is 11.6 Å². The van der Waals surface area contributed by atoms with Crippen molar-refractivity contribution in [3.63, 3.8) is 0 Å². The van der Waals surface area contributed by atoms with Crippen LogP contribution in [0.4, 0.5) is 5.69 Å². The summed E-state index contributed by atoms with van der Waals surface area (Å²) in [6.07, 6.45) is 0.837.